The van der Waals surface area contributed by atoms with Crippen LogP contribution in [0.5, 0.6) is 5.75 Å². The molecule has 160 valence electrons. The van der Waals surface area contributed by atoms with Gasteiger partial charge in [0.1, 0.15) is 6.67 Å². The summed E-state index contributed by atoms with van der Waals surface area (Å²) in [7, 11) is 0. The summed E-state index contributed by atoms with van der Waals surface area (Å²) in [6, 6.07) is 21.6. The maximum absolute atomic E-state index is 13.1. The summed E-state index contributed by atoms with van der Waals surface area (Å²) in [5, 5.41) is 12.5. The van der Waals surface area contributed by atoms with Gasteiger partial charge in [-0.25, -0.2) is 0 Å². The van der Waals surface area contributed by atoms with E-state index in [0.29, 0.717) is 6.67 Å². The van der Waals surface area contributed by atoms with Crippen LogP contribution in [0.25, 0.3) is 0 Å². The molecule has 1 aliphatic rings. The van der Waals surface area contributed by atoms with Crippen molar-refractivity contribution in [3.8, 4) is 5.75 Å². The Balaban J connectivity index is 1.80. The van der Waals surface area contributed by atoms with Gasteiger partial charge in [0.2, 0.25) is 5.43 Å². The number of carbonyl (C=O) groups excluding carboxylic acids is 1. The van der Waals surface area contributed by atoms with Gasteiger partial charge < -0.3 is 10.0 Å². The van der Waals surface area contributed by atoms with E-state index in [1.807, 2.05) is 50.2 Å². The topological polar surface area (TPSA) is 65.8 Å². The molecular formula is C25H27N3O3. The van der Waals surface area contributed by atoms with Gasteiger partial charge in [-0.3, -0.25) is 19.3 Å². The lowest BCUT2D eigenvalue weighted by Gasteiger charge is -2.45. The molecule has 2 aromatic carbocycles. The fraction of sp³-hybridized carbons (Fsp3) is 0.280. The number of benzene rings is 2. The van der Waals surface area contributed by atoms with Crippen molar-refractivity contribution in [1.82, 2.24) is 9.58 Å². The number of hydrogen-bond donors (Lipinski definition) is 1. The fourth-order valence-electron chi connectivity index (χ4n) is 4.11. The third-order valence-electron chi connectivity index (χ3n) is 5.81. The van der Waals surface area contributed by atoms with Crippen molar-refractivity contribution in [2.75, 3.05) is 11.7 Å². The van der Waals surface area contributed by atoms with Gasteiger partial charge in [0.05, 0.1) is 6.04 Å². The van der Waals surface area contributed by atoms with Crippen LogP contribution in [0.3, 0.4) is 0 Å². The maximum atomic E-state index is 13.1. The lowest BCUT2D eigenvalue weighted by atomic mass is 9.98. The van der Waals surface area contributed by atoms with Gasteiger partial charge in [0, 0.05) is 18.3 Å². The van der Waals surface area contributed by atoms with Crippen LogP contribution >= 0.6 is 0 Å². The van der Waals surface area contributed by atoms with E-state index >= 15 is 0 Å². The van der Waals surface area contributed by atoms with E-state index in [1.54, 1.807) is 15.8 Å². The van der Waals surface area contributed by atoms with Crippen molar-refractivity contribution in [2.24, 2.45) is 0 Å². The van der Waals surface area contributed by atoms with Gasteiger partial charge >= 0.3 is 0 Å². The molecule has 1 atom stereocenters. The lowest BCUT2D eigenvalue weighted by Crippen LogP contribution is -2.57. The maximum Gasteiger partial charge on any atom is 0.278 e. The summed E-state index contributed by atoms with van der Waals surface area (Å²) >= 11 is 0. The van der Waals surface area contributed by atoms with E-state index in [-0.39, 0.29) is 23.7 Å². The smallest absolute Gasteiger partial charge is 0.278 e. The second-order valence-corrected chi connectivity index (χ2v) is 8.12. The molecule has 0 fully saturated rings. The van der Waals surface area contributed by atoms with Crippen LogP contribution in [0.2, 0.25) is 0 Å². The van der Waals surface area contributed by atoms with E-state index in [1.165, 1.54) is 11.6 Å². The lowest BCUT2D eigenvalue weighted by molar-refractivity contribution is 0.0615. The summed E-state index contributed by atoms with van der Waals surface area (Å²) in [5.41, 5.74) is 1.82. The Labute approximate surface area is 181 Å². The molecule has 1 N–H and O–H groups in total. The van der Waals surface area contributed by atoms with Crippen molar-refractivity contribution in [2.45, 2.75) is 38.8 Å². The molecule has 0 spiro atoms. The Morgan fingerprint density at radius 1 is 0.935 bits per heavy atom. The summed E-state index contributed by atoms with van der Waals surface area (Å²) in [4.78, 5) is 26.9. The molecule has 3 aromatic rings. The number of nitrogens with zero attached hydrogens (tertiary/aromatic N) is 3. The van der Waals surface area contributed by atoms with Crippen LogP contribution in [0.15, 0.2) is 77.7 Å². The third kappa shape index (κ3) is 4.06. The van der Waals surface area contributed by atoms with Crippen LogP contribution < -0.4 is 10.4 Å². The molecule has 6 nitrogen and oxygen atoms in total. The first-order valence-corrected chi connectivity index (χ1v) is 10.6. The van der Waals surface area contributed by atoms with Crippen molar-refractivity contribution in [3.63, 3.8) is 0 Å². The van der Waals surface area contributed by atoms with Gasteiger partial charge in [0.25, 0.3) is 5.91 Å². The molecule has 0 bridgehead atoms. The predicted molar refractivity (Wildman–Crippen MR) is 121 cm³/mol. The first-order valence-electron chi connectivity index (χ1n) is 10.6. The molecule has 0 saturated heterocycles. The molecule has 0 saturated carbocycles. The van der Waals surface area contributed by atoms with Crippen LogP contribution in [0.1, 0.15) is 47.9 Å². The molecule has 0 radical (unpaired) electrons. The minimum atomic E-state index is -0.550. The third-order valence-corrected chi connectivity index (χ3v) is 5.81. The monoisotopic (exact) mass is 417 g/mol. The number of aromatic nitrogens is 1. The summed E-state index contributed by atoms with van der Waals surface area (Å²) in [6.45, 7) is 4.23. The number of carbonyl (C=O) groups is 1. The molecule has 2 heterocycles. The van der Waals surface area contributed by atoms with Gasteiger partial charge in [-0.2, -0.15) is 0 Å². The zero-order chi connectivity index (χ0) is 22.0. The molecule has 1 aromatic heterocycles. The fourth-order valence-corrected chi connectivity index (χ4v) is 4.11. The first-order chi connectivity index (χ1) is 15.0. The molecule has 1 unspecified atom stereocenters. The highest BCUT2D eigenvalue weighted by Crippen LogP contribution is 2.31. The highest BCUT2D eigenvalue weighted by Gasteiger charge is 2.36. The highest BCUT2D eigenvalue weighted by atomic mass is 16.3. The molecule has 6 heteroatoms. The Hall–Kier alpha value is -3.54. The van der Waals surface area contributed by atoms with Gasteiger partial charge in [-0.15, -0.1) is 0 Å². The molecule has 0 aliphatic carbocycles. The van der Waals surface area contributed by atoms with Crippen LogP contribution in [-0.4, -0.2) is 33.3 Å². The minimum absolute atomic E-state index is 0.0214. The van der Waals surface area contributed by atoms with E-state index < -0.39 is 11.2 Å². The number of pyridine rings is 1. The van der Waals surface area contributed by atoms with E-state index in [9.17, 15) is 14.7 Å². The van der Waals surface area contributed by atoms with E-state index in [2.05, 4.69) is 29.3 Å². The Kier molecular flexibility index (Phi) is 5.80. The molecule has 1 amide bonds. The zero-order valence-electron chi connectivity index (χ0n) is 17.8. The number of fused-ring (bicyclic) bond motifs is 1. The van der Waals surface area contributed by atoms with E-state index in [0.717, 1.165) is 18.4 Å². The number of aryl methyl sites for hydroxylation is 1. The van der Waals surface area contributed by atoms with Crippen LogP contribution in [0, 0.1) is 0 Å². The normalized spacial score (nSPS) is 14.6. The summed E-state index contributed by atoms with van der Waals surface area (Å²) in [5.74, 6) is -0.839. The van der Waals surface area contributed by atoms with Gasteiger partial charge in [-0.05, 0) is 37.8 Å². The molecule has 1 aliphatic heterocycles. The quantitative estimate of drug-likeness (QED) is 0.664. The Morgan fingerprint density at radius 3 is 2.23 bits per heavy atom. The number of amides is 1. The second-order valence-electron chi connectivity index (χ2n) is 8.12. The van der Waals surface area contributed by atoms with Crippen molar-refractivity contribution < 1.29 is 9.90 Å². The van der Waals surface area contributed by atoms with Crippen LogP contribution in [-0.2, 0) is 6.42 Å². The average Bonchev–Trinajstić information content (AvgIpc) is 2.78. The highest BCUT2D eigenvalue weighted by molar-refractivity contribution is 5.96. The predicted octanol–water partition coefficient (Wildman–Crippen LogP) is 3.69. The molecular weight excluding hydrogens is 390 g/mol. The largest absolute Gasteiger partial charge is 0.502 e. The van der Waals surface area contributed by atoms with Gasteiger partial charge in [-0.1, -0.05) is 60.7 Å². The van der Waals surface area contributed by atoms with Crippen molar-refractivity contribution >= 4 is 5.91 Å². The van der Waals surface area contributed by atoms with Gasteiger partial charge in [0.15, 0.2) is 11.4 Å². The minimum Gasteiger partial charge on any atom is -0.502 e. The van der Waals surface area contributed by atoms with Crippen molar-refractivity contribution in [1.29, 1.82) is 0 Å². The number of aromatic hydroxyl groups is 1. The Morgan fingerprint density at radius 2 is 1.58 bits per heavy atom. The first kappa shape index (κ1) is 20.7. The second kappa shape index (κ2) is 8.68. The van der Waals surface area contributed by atoms with Crippen molar-refractivity contribution in [3.05, 3.63) is 100.0 Å². The van der Waals surface area contributed by atoms with Crippen LogP contribution in [0.4, 0.5) is 0 Å². The summed E-state index contributed by atoms with van der Waals surface area (Å²) < 4.78 is 1.65. The standard InChI is InChI=1S/C25H27N3O3/c1-18(2)26-17-28(27-16-15-22(29)24(30)23(27)25(26)31)21(20-11-7-4-8-12-20)14-13-19-9-5-3-6-10-19/h3-12,15-16,18,21,30H,13-14,17H2,1-2H3. The molecule has 4 rings (SSSR count). The molecule has 31 heavy (non-hydrogen) atoms. The number of hydrogen-bond acceptors (Lipinski definition) is 4. The Bertz CT molecular complexity index is 1110. The summed E-state index contributed by atoms with van der Waals surface area (Å²) in [6.07, 6.45) is 3.25. The average molecular weight is 418 g/mol. The zero-order valence-corrected chi connectivity index (χ0v) is 17.8. The SMILES string of the molecule is CC(C)N1CN(C(CCc2ccccc2)c2ccccc2)n2ccc(=O)c(O)c2C1=O. The number of rotatable bonds is 6. The van der Waals surface area contributed by atoms with E-state index in [4.69, 9.17) is 0 Å².